The summed E-state index contributed by atoms with van der Waals surface area (Å²) in [6.45, 7) is 0.557. The van der Waals surface area contributed by atoms with E-state index in [4.69, 9.17) is 10.8 Å². The molecule has 0 aliphatic carbocycles. The largest absolute Gasteiger partial charge is 0.472 e. The van der Waals surface area contributed by atoms with Crippen LogP contribution in [-0.2, 0) is 11.3 Å². The molecule has 1 amide bonds. The molecule has 5 heteroatoms. The van der Waals surface area contributed by atoms with Crippen LogP contribution in [0, 0.1) is 12.3 Å². The van der Waals surface area contributed by atoms with E-state index < -0.39 is 0 Å². The van der Waals surface area contributed by atoms with Crippen LogP contribution in [0.3, 0.4) is 0 Å². The summed E-state index contributed by atoms with van der Waals surface area (Å²) in [6.07, 6.45) is 10.9. The standard InChI is InChI=1S/C14H17N3O2/c1-3-4-7-14(15-16-14)8-5-13(18)17(2)10-12-6-9-19-11-12/h1,6,9,11H,4-5,7-8,10H2,2H3. The Labute approximate surface area is 112 Å². The van der Waals surface area contributed by atoms with Crippen molar-refractivity contribution in [3.8, 4) is 12.3 Å². The lowest BCUT2D eigenvalue weighted by atomic mass is 10.0. The monoisotopic (exact) mass is 259 g/mol. The number of terminal acetylenes is 1. The van der Waals surface area contributed by atoms with Gasteiger partial charge in [0.1, 0.15) is 0 Å². The van der Waals surface area contributed by atoms with Gasteiger partial charge in [-0.25, -0.2) is 0 Å². The Kier molecular flexibility index (Phi) is 4.00. The number of nitrogens with zero attached hydrogens (tertiary/aromatic N) is 3. The van der Waals surface area contributed by atoms with Crippen LogP contribution in [0.5, 0.6) is 0 Å². The Bertz CT molecular complexity index is 493. The second-order valence-corrected chi connectivity index (χ2v) is 4.77. The van der Waals surface area contributed by atoms with Gasteiger partial charge in [-0.15, -0.1) is 12.3 Å². The average molecular weight is 259 g/mol. The molecule has 0 spiro atoms. The lowest BCUT2D eigenvalue weighted by Gasteiger charge is -2.17. The maximum atomic E-state index is 12.0. The first kappa shape index (κ1) is 13.3. The van der Waals surface area contributed by atoms with Gasteiger partial charge in [-0.05, 0) is 6.07 Å². The van der Waals surface area contributed by atoms with E-state index in [1.165, 1.54) is 0 Å². The first-order chi connectivity index (χ1) is 9.15. The molecular weight excluding hydrogens is 242 g/mol. The Morgan fingerprint density at radius 3 is 2.89 bits per heavy atom. The molecule has 1 aromatic rings. The molecule has 0 saturated carbocycles. The van der Waals surface area contributed by atoms with Crippen LogP contribution in [0.2, 0.25) is 0 Å². The number of hydrogen-bond donors (Lipinski definition) is 0. The van der Waals surface area contributed by atoms with E-state index in [1.807, 2.05) is 6.07 Å². The minimum Gasteiger partial charge on any atom is -0.472 e. The molecule has 1 aliphatic rings. The van der Waals surface area contributed by atoms with E-state index in [0.717, 1.165) is 12.0 Å². The van der Waals surface area contributed by atoms with Crippen LogP contribution in [0.25, 0.3) is 0 Å². The highest BCUT2D eigenvalue weighted by molar-refractivity contribution is 5.76. The SMILES string of the molecule is C#CCCC1(CCC(=O)N(C)Cc2ccoc2)N=N1. The zero-order valence-electron chi connectivity index (χ0n) is 11.0. The molecule has 0 bridgehead atoms. The van der Waals surface area contributed by atoms with Crippen molar-refractivity contribution in [3.05, 3.63) is 24.2 Å². The van der Waals surface area contributed by atoms with Crippen LogP contribution in [0.4, 0.5) is 0 Å². The summed E-state index contributed by atoms with van der Waals surface area (Å²) in [5.74, 6) is 2.66. The quantitative estimate of drug-likeness (QED) is 0.707. The number of rotatable bonds is 7. The van der Waals surface area contributed by atoms with Crippen LogP contribution >= 0.6 is 0 Å². The molecule has 19 heavy (non-hydrogen) atoms. The van der Waals surface area contributed by atoms with Crippen molar-refractivity contribution in [2.75, 3.05) is 7.05 Å². The van der Waals surface area contributed by atoms with E-state index in [2.05, 4.69) is 16.1 Å². The number of carbonyl (C=O) groups excluding carboxylic acids is 1. The Balaban J connectivity index is 1.74. The third kappa shape index (κ3) is 3.68. The first-order valence-electron chi connectivity index (χ1n) is 6.28. The maximum absolute atomic E-state index is 12.0. The molecule has 1 aliphatic heterocycles. The first-order valence-corrected chi connectivity index (χ1v) is 6.28. The molecule has 0 N–H and O–H groups in total. The van der Waals surface area contributed by atoms with E-state index in [-0.39, 0.29) is 11.6 Å². The minimum absolute atomic E-state index is 0.0820. The Morgan fingerprint density at radius 2 is 2.32 bits per heavy atom. The van der Waals surface area contributed by atoms with Crippen LogP contribution in [0.1, 0.15) is 31.2 Å². The maximum Gasteiger partial charge on any atom is 0.222 e. The van der Waals surface area contributed by atoms with Gasteiger partial charge in [-0.2, -0.15) is 10.2 Å². The van der Waals surface area contributed by atoms with Gasteiger partial charge in [0.2, 0.25) is 5.91 Å². The molecule has 0 saturated heterocycles. The van der Waals surface area contributed by atoms with Gasteiger partial charge in [0.25, 0.3) is 0 Å². The molecule has 100 valence electrons. The summed E-state index contributed by atoms with van der Waals surface area (Å²) in [6, 6.07) is 1.85. The van der Waals surface area contributed by atoms with Crippen molar-refractivity contribution in [1.29, 1.82) is 0 Å². The van der Waals surface area contributed by atoms with Gasteiger partial charge in [0.15, 0.2) is 5.66 Å². The van der Waals surface area contributed by atoms with E-state index >= 15 is 0 Å². The van der Waals surface area contributed by atoms with Gasteiger partial charge in [0.05, 0.1) is 12.5 Å². The van der Waals surface area contributed by atoms with Crippen LogP contribution in [-0.4, -0.2) is 23.5 Å². The molecule has 1 aromatic heterocycles. The van der Waals surface area contributed by atoms with Crippen molar-refractivity contribution >= 4 is 5.91 Å². The highest BCUT2D eigenvalue weighted by atomic mass is 16.3. The lowest BCUT2D eigenvalue weighted by Crippen LogP contribution is -2.27. The predicted octanol–water partition coefficient (Wildman–Crippen LogP) is 2.59. The fourth-order valence-electron chi connectivity index (χ4n) is 1.91. The minimum atomic E-state index is -0.376. The van der Waals surface area contributed by atoms with E-state index in [1.54, 1.807) is 24.5 Å². The zero-order chi connectivity index (χ0) is 13.7. The molecule has 0 radical (unpaired) electrons. The second kappa shape index (κ2) is 5.70. The van der Waals surface area contributed by atoms with Gasteiger partial charge in [-0.1, -0.05) is 0 Å². The van der Waals surface area contributed by atoms with Crippen molar-refractivity contribution in [2.45, 2.75) is 37.9 Å². The van der Waals surface area contributed by atoms with Gasteiger partial charge < -0.3 is 9.32 Å². The van der Waals surface area contributed by atoms with Crippen LogP contribution in [0.15, 0.2) is 33.2 Å². The summed E-state index contributed by atoms with van der Waals surface area (Å²) in [7, 11) is 1.78. The summed E-state index contributed by atoms with van der Waals surface area (Å²) >= 11 is 0. The average Bonchev–Trinajstić information content (AvgIpc) is 3.00. The third-order valence-electron chi connectivity index (χ3n) is 3.22. The molecular formula is C14H17N3O2. The Morgan fingerprint density at radius 1 is 1.53 bits per heavy atom. The highest BCUT2D eigenvalue weighted by Gasteiger charge is 2.39. The summed E-state index contributed by atoms with van der Waals surface area (Å²) in [4.78, 5) is 13.7. The number of carbonyl (C=O) groups is 1. The van der Waals surface area contributed by atoms with E-state index in [0.29, 0.717) is 25.8 Å². The smallest absolute Gasteiger partial charge is 0.222 e. The number of hydrogen-bond acceptors (Lipinski definition) is 4. The predicted molar refractivity (Wildman–Crippen MR) is 70.1 cm³/mol. The number of furan rings is 1. The summed E-state index contributed by atoms with van der Waals surface area (Å²) < 4.78 is 4.98. The van der Waals surface area contributed by atoms with Gasteiger partial charge >= 0.3 is 0 Å². The van der Waals surface area contributed by atoms with Crippen molar-refractivity contribution in [2.24, 2.45) is 10.2 Å². The molecule has 0 aromatic carbocycles. The summed E-state index contributed by atoms with van der Waals surface area (Å²) in [5, 5.41) is 8.04. The fourth-order valence-corrected chi connectivity index (χ4v) is 1.91. The van der Waals surface area contributed by atoms with E-state index in [9.17, 15) is 4.79 Å². The topological polar surface area (TPSA) is 58.2 Å². The van der Waals surface area contributed by atoms with Crippen molar-refractivity contribution < 1.29 is 9.21 Å². The fraction of sp³-hybridized carbons (Fsp3) is 0.500. The van der Waals surface area contributed by atoms with Crippen molar-refractivity contribution in [3.63, 3.8) is 0 Å². The molecule has 0 unspecified atom stereocenters. The van der Waals surface area contributed by atoms with Gasteiger partial charge in [-0.3, -0.25) is 4.79 Å². The third-order valence-corrected chi connectivity index (χ3v) is 3.22. The molecule has 0 atom stereocenters. The zero-order valence-corrected chi connectivity index (χ0v) is 11.0. The molecule has 2 heterocycles. The summed E-state index contributed by atoms with van der Waals surface area (Å²) in [5.41, 5.74) is 0.608. The Hall–Kier alpha value is -2.09. The molecule has 2 rings (SSSR count). The van der Waals surface area contributed by atoms with Gasteiger partial charge in [0, 0.05) is 44.8 Å². The molecule has 0 fully saturated rings. The number of amides is 1. The van der Waals surface area contributed by atoms with Crippen LogP contribution < -0.4 is 0 Å². The highest BCUT2D eigenvalue weighted by Crippen LogP contribution is 2.37. The molecule has 5 nitrogen and oxygen atoms in total. The lowest BCUT2D eigenvalue weighted by molar-refractivity contribution is -0.130. The second-order valence-electron chi connectivity index (χ2n) is 4.77. The normalized spacial score (nSPS) is 14.9. The van der Waals surface area contributed by atoms with Crippen molar-refractivity contribution in [1.82, 2.24) is 4.90 Å².